The summed E-state index contributed by atoms with van der Waals surface area (Å²) in [5.41, 5.74) is 2.74. The SMILES string of the molecule is CCC(O)Cc1cc(Nc2cccc(OC(F)(F)F)c2)nn1-c1ccnc(C)c1. The van der Waals surface area contributed by atoms with E-state index in [4.69, 9.17) is 0 Å². The van der Waals surface area contributed by atoms with Gasteiger partial charge in [-0.1, -0.05) is 13.0 Å². The van der Waals surface area contributed by atoms with Gasteiger partial charge in [0, 0.05) is 41.8 Å². The Hall–Kier alpha value is -3.07. The first kappa shape index (κ1) is 20.7. The second-order valence-corrected chi connectivity index (χ2v) is 6.55. The Morgan fingerprint density at radius 3 is 2.69 bits per heavy atom. The van der Waals surface area contributed by atoms with E-state index < -0.39 is 12.5 Å². The first-order chi connectivity index (χ1) is 13.7. The number of hydrogen-bond donors (Lipinski definition) is 2. The van der Waals surface area contributed by atoms with E-state index in [1.165, 1.54) is 18.2 Å². The topological polar surface area (TPSA) is 72.2 Å². The Bertz CT molecular complexity index is 972. The van der Waals surface area contributed by atoms with Gasteiger partial charge in [-0.2, -0.15) is 0 Å². The molecular formula is C20H21F3N4O2. The van der Waals surface area contributed by atoms with Crippen molar-refractivity contribution in [2.24, 2.45) is 0 Å². The van der Waals surface area contributed by atoms with Crippen molar-refractivity contribution < 1.29 is 23.0 Å². The van der Waals surface area contributed by atoms with E-state index >= 15 is 0 Å². The Morgan fingerprint density at radius 1 is 1.21 bits per heavy atom. The van der Waals surface area contributed by atoms with Crippen molar-refractivity contribution in [1.29, 1.82) is 0 Å². The van der Waals surface area contributed by atoms with Crippen LogP contribution >= 0.6 is 0 Å². The molecule has 1 atom stereocenters. The maximum absolute atomic E-state index is 12.4. The van der Waals surface area contributed by atoms with Crippen LogP contribution in [0.3, 0.4) is 0 Å². The summed E-state index contributed by atoms with van der Waals surface area (Å²) in [7, 11) is 0. The summed E-state index contributed by atoms with van der Waals surface area (Å²) in [4.78, 5) is 4.17. The number of aliphatic hydroxyl groups excluding tert-OH is 1. The number of halogens is 3. The van der Waals surface area contributed by atoms with Gasteiger partial charge in [0.2, 0.25) is 0 Å². The van der Waals surface area contributed by atoms with Crippen LogP contribution in [-0.2, 0) is 6.42 Å². The highest BCUT2D eigenvalue weighted by Gasteiger charge is 2.31. The fourth-order valence-corrected chi connectivity index (χ4v) is 2.82. The van der Waals surface area contributed by atoms with Gasteiger partial charge < -0.3 is 15.2 Å². The van der Waals surface area contributed by atoms with Crippen molar-refractivity contribution in [2.45, 2.75) is 39.2 Å². The van der Waals surface area contributed by atoms with Crippen molar-refractivity contribution in [1.82, 2.24) is 14.8 Å². The highest BCUT2D eigenvalue weighted by molar-refractivity contribution is 5.59. The fourth-order valence-electron chi connectivity index (χ4n) is 2.82. The van der Waals surface area contributed by atoms with E-state index in [-0.39, 0.29) is 5.75 Å². The summed E-state index contributed by atoms with van der Waals surface area (Å²) in [5.74, 6) is 0.107. The van der Waals surface area contributed by atoms with Crippen LogP contribution in [0.15, 0.2) is 48.7 Å². The van der Waals surface area contributed by atoms with Crippen LogP contribution in [0.25, 0.3) is 5.69 Å². The number of alkyl halides is 3. The Labute approximate surface area is 166 Å². The zero-order valence-electron chi connectivity index (χ0n) is 15.9. The third kappa shape index (κ3) is 5.71. The highest BCUT2D eigenvalue weighted by atomic mass is 19.4. The molecular weight excluding hydrogens is 385 g/mol. The van der Waals surface area contributed by atoms with Crippen LogP contribution in [0, 0.1) is 6.92 Å². The lowest BCUT2D eigenvalue weighted by molar-refractivity contribution is -0.274. The molecule has 0 aliphatic heterocycles. The molecule has 0 saturated heterocycles. The lowest BCUT2D eigenvalue weighted by atomic mass is 10.1. The van der Waals surface area contributed by atoms with E-state index in [1.54, 1.807) is 29.1 Å². The molecule has 0 fully saturated rings. The van der Waals surface area contributed by atoms with Crippen molar-refractivity contribution in [3.63, 3.8) is 0 Å². The number of pyridine rings is 1. The number of anilines is 2. The molecule has 9 heteroatoms. The molecule has 154 valence electrons. The van der Waals surface area contributed by atoms with Gasteiger partial charge >= 0.3 is 6.36 Å². The van der Waals surface area contributed by atoms with Gasteiger partial charge in [0.25, 0.3) is 0 Å². The Morgan fingerprint density at radius 2 is 2.00 bits per heavy atom. The third-order valence-electron chi connectivity index (χ3n) is 4.16. The molecule has 6 nitrogen and oxygen atoms in total. The standard InChI is InChI=1S/C20H21F3N4O2/c1-3-17(28)11-16-12-19(26-27(16)15-7-8-24-13(2)9-15)25-14-5-4-6-18(10-14)29-20(21,22)23/h4-10,12,17,28H,3,11H2,1-2H3,(H,25,26). The third-order valence-corrected chi connectivity index (χ3v) is 4.16. The van der Waals surface area contributed by atoms with Crippen molar-refractivity contribution in [3.05, 3.63) is 60.0 Å². The molecule has 0 spiro atoms. The largest absolute Gasteiger partial charge is 0.573 e. The second-order valence-electron chi connectivity index (χ2n) is 6.55. The number of ether oxygens (including phenoxy) is 1. The molecule has 0 radical (unpaired) electrons. The zero-order valence-corrected chi connectivity index (χ0v) is 15.9. The minimum Gasteiger partial charge on any atom is -0.406 e. The van der Waals surface area contributed by atoms with Gasteiger partial charge in [0.15, 0.2) is 5.82 Å². The van der Waals surface area contributed by atoms with Crippen molar-refractivity contribution in [3.8, 4) is 11.4 Å². The fraction of sp³-hybridized carbons (Fsp3) is 0.300. The summed E-state index contributed by atoms with van der Waals surface area (Å²) in [5, 5.41) is 17.6. The molecule has 0 saturated carbocycles. The maximum Gasteiger partial charge on any atom is 0.573 e. The van der Waals surface area contributed by atoms with Gasteiger partial charge in [-0.25, -0.2) is 4.68 Å². The molecule has 3 aromatic rings. The predicted octanol–water partition coefficient (Wildman–Crippen LogP) is 4.53. The number of aliphatic hydroxyl groups is 1. The molecule has 2 N–H and O–H groups in total. The van der Waals surface area contributed by atoms with E-state index in [2.05, 4.69) is 20.1 Å². The van der Waals surface area contributed by atoms with E-state index in [1.807, 2.05) is 19.9 Å². The second kappa shape index (κ2) is 8.52. The summed E-state index contributed by atoms with van der Waals surface area (Å²) >= 11 is 0. The number of nitrogens with zero attached hydrogens (tertiary/aromatic N) is 3. The zero-order chi connectivity index (χ0) is 21.0. The number of nitrogens with one attached hydrogen (secondary N) is 1. The Balaban J connectivity index is 1.90. The van der Waals surface area contributed by atoms with E-state index in [9.17, 15) is 18.3 Å². The number of aryl methyl sites for hydroxylation is 1. The number of benzene rings is 1. The van der Waals surface area contributed by atoms with Crippen LogP contribution < -0.4 is 10.1 Å². The van der Waals surface area contributed by atoms with Crippen molar-refractivity contribution >= 4 is 11.5 Å². The van der Waals surface area contributed by atoms with Gasteiger partial charge in [-0.15, -0.1) is 18.3 Å². The number of hydrogen-bond acceptors (Lipinski definition) is 5. The molecule has 1 unspecified atom stereocenters. The van der Waals surface area contributed by atoms with Crippen LogP contribution in [0.2, 0.25) is 0 Å². The average Bonchev–Trinajstić information content (AvgIpc) is 3.02. The predicted molar refractivity (Wildman–Crippen MR) is 103 cm³/mol. The van der Waals surface area contributed by atoms with Crippen LogP contribution in [0.4, 0.5) is 24.7 Å². The number of rotatable bonds is 7. The van der Waals surface area contributed by atoms with Gasteiger partial charge in [-0.05, 0) is 37.6 Å². The Kier molecular flexibility index (Phi) is 6.07. The quantitative estimate of drug-likeness (QED) is 0.603. The van der Waals surface area contributed by atoms with E-state index in [0.717, 1.165) is 17.1 Å². The molecule has 0 aliphatic rings. The summed E-state index contributed by atoms with van der Waals surface area (Å²) in [6.07, 6.45) is -2.67. The molecule has 3 rings (SSSR count). The summed E-state index contributed by atoms with van der Waals surface area (Å²) in [6, 6.07) is 10.9. The smallest absolute Gasteiger partial charge is 0.406 e. The van der Waals surface area contributed by atoms with Gasteiger partial charge in [0.1, 0.15) is 5.75 Å². The van der Waals surface area contributed by atoms with Crippen LogP contribution in [-0.4, -0.2) is 32.3 Å². The molecule has 1 aromatic carbocycles. The molecule has 2 heterocycles. The minimum atomic E-state index is -4.76. The van der Waals surface area contributed by atoms with Gasteiger partial charge in [0.05, 0.1) is 11.8 Å². The molecule has 2 aromatic heterocycles. The van der Waals surface area contributed by atoms with E-state index in [0.29, 0.717) is 24.3 Å². The number of aromatic nitrogens is 3. The highest BCUT2D eigenvalue weighted by Crippen LogP contribution is 2.27. The van der Waals surface area contributed by atoms with Crippen molar-refractivity contribution in [2.75, 3.05) is 5.32 Å². The molecule has 0 aliphatic carbocycles. The molecule has 29 heavy (non-hydrogen) atoms. The lowest BCUT2D eigenvalue weighted by Gasteiger charge is -2.10. The average molecular weight is 406 g/mol. The van der Waals surface area contributed by atoms with Gasteiger partial charge in [-0.3, -0.25) is 4.98 Å². The maximum atomic E-state index is 12.4. The normalized spacial score (nSPS) is 12.6. The van der Waals surface area contributed by atoms with Crippen LogP contribution in [0.5, 0.6) is 5.75 Å². The summed E-state index contributed by atoms with van der Waals surface area (Å²) < 4.78 is 43.0. The first-order valence-electron chi connectivity index (χ1n) is 9.06. The van der Waals surface area contributed by atoms with Crippen LogP contribution in [0.1, 0.15) is 24.7 Å². The first-order valence-corrected chi connectivity index (χ1v) is 9.06. The lowest BCUT2D eigenvalue weighted by Crippen LogP contribution is -2.17. The minimum absolute atomic E-state index is 0.326. The monoisotopic (exact) mass is 406 g/mol. The molecule has 0 amide bonds. The summed E-state index contributed by atoms with van der Waals surface area (Å²) in [6.45, 7) is 3.74. The molecule has 0 bridgehead atoms.